The van der Waals surface area contributed by atoms with Gasteiger partial charge in [0.05, 0.1) is 0 Å². The molecule has 1 nitrogen and oxygen atoms in total. The van der Waals surface area contributed by atoms with E-state index in [0.29, 0.717) is 12.5 Å². The van der Waals surface area contributed by atoms with Gasteiger partial charge in [-0.1, -0.05) is 13.8 Å². The summed E-state index contributed by atoms with van der Waals surface area (Å²) in [6.45, 7) is 4.25. The van der Waals surface area contributed by atoms with Crippen molar-refractivity contribution in [3.63, 3.8) is 0 Å². The molecule has 0 heterocycles. The van der Waals surface area contributed by atoms with E-state index in [4.69, 9.17) is 5.11 Å². The molecular formula is C4H10OY. The Morgan fingerprint density at radius 3 is 1.67 bits per heavy atom. The molecule has 0 unspecified atom stereocenters. The van der Waals surface area contributed by atoms with Gasteiger partial charge in [0.2, 0.25) is 0 Å². The van der Waals surface area contributed by atoms with E-state index in [9.17, 15) is 0 Å². The maximum Gasteiger partial charge on any atom is 0.0453 e. The van der Waals surface area contributed by atoms with Crippen LogP contribution in [0.3, 0.4) is 0 Å². The molecule has 35 valence electrons. The summed E-state index contributed by atoms with van der Waals surface area (Å²) in [4.78, 5) is 0. The first-order valence-corrected chi connectivity index (χ1v) is 1.88. The van der Waals surface area contributed by atoms with Crippen LogP contribution in [0.4, 0.5) is 0 Å². The molecule has 0 atom stereocenters. The normalized spacial score (nSPS) is 8.00. The molecule has 0 rings (SSSR count). The molecular weight excluding hydrogens is 153 g/mol. The average molecular weight is 163 g/mol. The third kappa shape index (κ3) is 8.91. The summed E-state index contributed by atoms with van der Waals surface area (Å²) in [6.07, 6.45) is 0. The molecule has 0 aliphatic rings. The first-order chi connectivity index (χ1) is 2.27. The van der Waals surface area contributed by atoms with Crippen molar-refractivity contribution < 1.29 is 37.8 Å². The second kappa shape index (κ2) is 6.06. The molecule has 0 aromatic heterocycles. The van der Waals surface area contributed by atoms with E-state index in [-0.39, 0.29) is 32.7 Å². The Bertz CT molecular complexity index is 21.5. The molecule has 0 bridgehead atoms. The number of aliphatic hydroxyl groups is 1. The molecule has 0 aliphatic carbocycles. The zero-order chi connectivity index (χ0) is 4.28. The van der Waals surface area contributed by atoms with E-state index >= 15 is 0 Å². The molecule has 0 aromatic carbocycles. The standard InChI is InChI=1S/C4H10O.Y/c1-4(2)3-5;/h4-5H,3H2,1-2H3;. The van der Waals surface area contributed by atoms with Crippen molar-refractivity contribution in [2.24, 2.45) is 5.92 Å². The minimum absolute atomic E-state index is 0. The van der Waals surface area contributed by atoms with Crippen LogP contribution >= 0.6 is 0 Å². The summed E-state index contributed by atoms with van der Waals surface area (Å²) in [5.74, 6) is 0.440. The molecule has 0 fully saturated rings. The van der Waals surface area contributed by atoms with Crippen LogP contribution in [-0.4, -0.2) is 11.7 Å². The zero-order valence-electron chi connectivity index (χ0n) is 4.31. The molecule has 1 N–H and O–H groups in total. The van der Waals surface area contributed by atoms with Crippen LogP contribution < -0.4 is 0 Å². The van der Waals surface area contributed by atoms with Gasteiger partial charge in [0.1, 0.15) is 0 Å². The van der Waals surface area contributed by atoms with Crippen LogP contribution in [0.25, 0.3) is 0 Å². The zero-order valence-corrected chi connectivity index (χ0v) is 7.15. The first-order valence-electron chi connectivity index (χ1n) is 1.88. The second-order valence-electron chi connectivity index (χ2n) is 1.58. The Kier molecular flexibility index (Phi) is 10.2. The molecule has 0 saturated carbocycles. The summed E-state index contributed by atoms with van der Waals surface area (Å²) < 4.78 is 0. The summed E-state index contributed by atoms with van der Waals surface area (Å²) in [5, 5.41) is 8.14. The number of hydrogen-bond acceptors (Lipinski definition) is 1. The fourth-order valence-corrected chi connectivity index (χ4v) is 0. The van der Waals surface area contributed by atoms with Gasteiger partial charge in [-0.05, 0) is 5.92 Å². The van der Waals surface area contributed by atoms with E-state index in [1.54, 1.807) is 0 Å². The van der Waals surface area contributed by atoms with E-state index in [1.807, 2.05) is 13.8 Å². The van der Waals surface area contributed by atoms with Crippen LogP contribution in [0, 0.1) is 5.92 Å². The molecule has 0 saturated heterocycles. The van der Waals surface area contributed by atoms with Gasteiger partial charge in [0.15, 0.2) is 0 Å². The maximum atomic E-state index is 8.14. The fourth-order valence-electron chi connectivity index (χ4n) is 0. The molecule has 0 aliphatic heterocycles. The summed E-state index contributed by atoms with van der Waals surface area (Å²) in [6, 6.07) is 0. The largest absolute Gasteiger partial charge is 0.396 e. The van der Waals surface area contributed by atoms with Gasteiger partial charge in [0.25, 0.3) is 0 Å². The average Bonchev–Trinajstić information content (AvgIpc) is 1.38. The Balaban J connectivity index is 0. The molecule has 2 heteroatoms. The first kappa shape index (κ1) is 10.1. The van der Waals surface area contributed by atoms with Gasteiger partial charge in [-0.15, -0.1) is 0 Å². The van der Waals surface area contributed by atoms with E-state index in [0.717, 1.165) is 0 Å². The smallest absolute Gasteiger partial charge is 0.0453 e. The van der Waals surface area contributed by atoms with E-state index in [2.05, 4.69) is 0 Å². The van der Waals surface area contributed by atoms with Gasteiger partial charge < -0.3 is 5.11 Å². The van der Waals surface area contributed by atoms with Crippen LogP contribution in [0.5, 0.6) is 0 Å². The van der Waals surface area contributed by atoms with Crippen LogP contribution in [-0.2, 0) is 32.7 Å². The Hall–Kier alpha value is 1.06. The molecule has 0 amide bonds. The van der Waals surface area contributed by atoms with Crippen molar-refractivity contribution >= 4 is 0 Å². The van der Waals surface area contributed by atoms with Crippen molar-refractivity contribution in [3.8, 4) is 0 Å². The van der Waals surface area contributed by atoms with Gasteiger partial charge in [-0.3, -0.25) is 0 Å². The number of hydrogen-bond donors (Lipinski definition) is 1. The quantitative estimate of drug-likeness (QED) is 0.601. The molecule has 0 aromatic rings. The Morgan fingerprint density at radius 1 is 1.50 bits per heavy atom. The Labute approximate surface area is 64.0 Å². The van der Waals surface area contributed by atoms with Crippen molar-refractivity contribution in [1.82, 2.24) is 0 Å². The summed E-state index contributed by atoms with van der Waals surface area (Å²) in [7, 11) is 0. The molecule has 0 spiro atoms. The van der Waals surface area contributed by atoms with Gasteiger partial charge in [-0.2, -0.15) is 0 Å². The van der Waals surface area contributed by atoms with Gasteiger partial charge in [0, 0.05) is 39.3 Å². The SMILES string of the molecule is CC(C)CO.[Y]. The van der Waals surface area contributed by atoms with Gasteiger partial charge in [-0.25, -0.2) is 0 Å². The number of aliphatic hydroxyl groups excluding tert-OH is 1. The fraction of sp³-hybridized carbons (Fsp3) is 1.00. The Morgan fingerprint density at radius 2 is 1.67 bits per heavy atom. The minimum Gasteiger partial charge on any atom is -0.396 e. The van der Waals surface area contributed by atoms with Gasteiger partial charge >= 0.3 is 0 Å². The monoisotopic (exact) mass is 163 g/mol. The topological polar surface area (TPSA) is 20.2 Å². The number of rotatable bonds is 1. The predicted molar refractivity (Wildman–Crippen MR) is 21.9 cm³/mol. The third-order valence-electron chi connectivity index (χ3n) is 0.365. The van der Waals surface area contributed by atoms with Crippen LogP contribution in [0.2, 0.25) is 0 Å². The van der Waals surface area contributed by atoms with E-state index in [1.165, 1.54) is 0 Å². The summed E-state index contributed by atoms with van der Waals surface area (Å²) >= 11 is 0. The van der Waals surface area contributed by atoms with Crippen molar-refractivity contribution in [3.05, 3.63) is 0 Å². The van der Waals surface area contributed by atoms with Crippen molar-refractivity contribution in [1.29, 1.82) is 0 Å². The molecule has 6 heavy (non-hydrogen) atoms. The van der Waals surface area contributed by atoms with Crippen molar-refractivity contribution in [2.75, 3.05) is 6.61 Å². The van der Waals surface area contributed by atoms with Crippen LogP contribution in [0.15, 0.2) is 0 Å². The second-order valence-corrected chi connectivity index (χ2v) is 1.58. The van der Waals surface area contributed by atoms with Crippen LogP contribution in [0.1, 0.15) is 13.8 Å². The predicted octanol–water partition coefficient (Wildman–Crippen LogP) is 0.632. The third-order valence-corrected chi connectivity index (χ3v) is 0.365. The molecule has 1 radical (unpaired) electrons. The summed E-state index contributed by atoms with van der Waals surface area (Å²) in [5.41, 5.74) is 0. The minimum atomic E-state index is 0. The van der Waals surface area contributed by atoms with Crippen molar-refractivity contribution in [2.45, 2.75) is 13.8 Å². The maximum absolute atomic E-state index is 8.14. The van der Waals surface area contributed by atoms with E-state index < -0.39 is 0 Å².